The lowest BCUT2D eigenvalue weighted by atomic mass is 10.2. The number of hydrogen-bond donors (Lipinski definition) is 1. The van der Waals surface area contributed by atoms with Crippen molar-refractivity contribution in [1.29, 1.82) is 0 Å². The predicted molar refractivity (Wildman–Crippen MR) is 105 cm³/mol. The number of amides is 1. The Balaban J connectivity index is 1.77. The summed E-state index contributed by atoms with van der Waals surface area (Å²) in [6, 6.07) is 14.1. The summed E-state index contributed by atoms with van der Waals surface area (Å²) in [6.07, 6.45) is 0.564. The Morgan fingerprint density at radius 2 is 1.86 bits per heavy atom. The molecule has 8 heteroatoms. The molecule has 0 radical (unpaired) electrons. The number of carbonyl (C=O) groups excluding carboxylic acids is 1. The summed E-state index contributed by atoms with van der Waals surface area (Å²) in [7, 11) is -2.43. The van der Waals surface area contributed by atoms with Crippen LogP contribution in [0.15, 0.2) is 53.4 Å². The lowest BCUT2D eigenvalue weighted by molar-refractivity contribution is 0.0302. The number of methoxy groups -OCH3 is 1. The van der Waals surface area contributed by atoms with Crippen molar-refractivity contribution >= 4 is 15.9 Å². The molecule has 1 aliphatic heterocycles. The Kier molecular flexibility index (Phi) is 6.66. The van der Waals surface area contributed by atoms with Gasteiger partial charge in [0.1, 0.15) is 10.6 Å². The topological polar surface area (TPSA) is 84.9 Å². The molecule has 1 fully saturated rings. The highest BCUT2D eigenvalue weighted by Crippen LogP contribution is 2.25. The van der Waals surface area contributed by atoms with Gasteiger partial charge >= 0.3 is 0 Å². The second-order valence-corrected chi connectivity index (χ2v) is 8.14. The number of morpholine rings is 1. The van der Waals surface area contributed by atoms with Crippen LogP contribution >= 0.6 is 0 Å². The molecule has 1 N–H and O–H groups in total. The van der Waals surface area contributed by atoms with E-state index in [1.807, 2.05) is 30.3 Å². The Morgan fingerprint density at radius 3 is 2.54 bits per heavy atom. The Morgan fingerprint density at radius 1 is 1.14 bits per heavy atom. The van der Waals surface area contributed by atoms with Crippen LogP contribution in [0.1, 0.15) is 15.9 Å². The monoisotopic (exact) mass is 404 g/mol. The summed E-state index contributed by atoms with van der Waals surface area (Å²) in [6.45, 7) is 2.18. The SMILES string of the molecule is COc1ccc(C(=O)N2CCOCC2)cc1S(=O)(=O)NCCc1ccccc1. The lowest BCUT2D eigenvalue weighted by Gasteiger charge is -2.27. The van der Waals surface area contributed by atoms with Crippen molar-refractivity contribution < 1.29 is 22.7 Å². The second kappa shape index (κ2) is 9.18. The maximum Gasteiger partial charge on any atom is 0.254 e. The van der Waals surface area contributed by atoms with Gasteiger partial charge in [-0.1, -0.05) is 30.3 Å². The van der Waals surface area contributed by atoms with Crippen molar-refractivity contribution in [1.82, 2.24) is 9.62 Å². The first-order valence-corrected chi connectivity index (χ1v) is 10.6. The summed E-state index contributed by atoms with van der Waals surface area (Å²) in [5, 5.41) is 0. The second-order valence-electron chi connectivity index (χ2n) is 6.40. The maximum absolute atomic E-state index is 12.8. The molecule has 0 unspecified atom stereocenters. The summed E-state index contributed by atoms with van der Waals surface area (Å²) in [4.78, 5) is 14.3. The molecule has 0 aromatic heterocycles. The van der Waals surface area contributed by atoms with Crippen molar-refractivity contribution in [2.75, 3.05) is 40.0 Å². The number of ether oxygens (including phenoxy) is 2. The smallest absolute Gasteiger partial charge is 0.254 e. The molecule has 1 heterocycles. The van der Waals surface area contributed by atoms with Gasteiger partial charge in [0.05, 0.1) is 20.3 Å². The van der Waals surface area contributed by atoms with Crippen LogP contribution in [0.2, 0.25) is 0 Å². The largest absolute Gasteiger partial charge is 0.495 e. The van der Waals surface area contributed by atoms with Crippen LogP contribution in [0.25, 0.3) is 0 Å². The molecule has 7 nitrogen and oxygen atoms in total. The van der Waals surface area contributed by atoms with E-state index >= 15 is 0 Å². The van der Waals surface area contributed by atoms with Gasteiger partial charge in [-0.2, -0.15) is 0 Å². The van der Waals surface area contributed by atoms with Crippen molar-refractivity contribution in [3.8, 4) is 5.75 Å². The van der Waals surface area contributed by atoms with Gasteiger partial charge in [0.15, 0.2) is 0 Å². The number of sulfonamides is 1. The molecule has 3 rings (SSSR count). The normalized spacial score (nSPS) is 14.7. The molecule has 1 saturated heterocycles. The fraction of sp³-hybridized carbons (Fsp3) is 0.350. The quantitative estimate of drug-likeness (QED) is 0.759. The molecule has 0 aliphatic carbocycles. The predicted octanol–water partition coefficient (Wildman–Crippen LogP) is 1.69. The van der Waals surface area contributed by atoms with Crippen molar-refractivity contribution in [3.05, 3.63) is 59.7 Å². The van der Waals surface area contributed by atoms with E-state index in [1.165, 1.54) is 19.2 Å². The zero-order valence-electron chi connectivity index (χ0n) is 15.8. The Bertz CT molecular complexity index is 909. The molecule has 1 aliphatic rings. The van der Waals surface area contributed by atoms with Crippen molar-refractivity contribution in [2.45, 2.75) is 11.3 Å². The fourth-order valence-corrected chi connectivity index (χ4v) is 4.25. The average molecular weight is 404 g/mol. The number of benzene rings is 2. The minimum atomic E-state index is -3.83. The average Bonchev–Trinajstić information content (AvgIpc) is 2.74. The van der Waals surface area contributed by atoms with Crippen LogP contribution in [0.4, 0.5) is 0 Å². The molecule has 0 bridgehead atoms. The molecule has 0 atom stereocenters. The van der Waals surface area contributed by atoms with E-state index in [2.05, 4.69) is 4.72 Å². The molecule has 0 spiro atoms. The van der Waals surface area contributed by atoms with Gasteiger partial charge in [-0.25, -0.2) is 13.1 Å². The maximum atomic E-state index is 12.8. The number of hydrogen-bond acceptors (Lipinski definition) is 5. The zero-order valence-corrected chi connectivity index (χ0v) is 16.6. The van der Waals surface area contributed by atoms with E-state index in [0.717, 1.165) is 5.56 Å². The van der Waals surface area contributed by atoms with Gasteiger partial charge < -0.3 is 14.4 Å². The van der Waals surface area contributed by atoms with E-state index < -0.39 is 10.0 Å². The van der Waals surface area contributed by atoms with Gasteiger partial charge in [-0.15, -0.1) is 0 Å². The van der Waals surface area contributed by atoms with Crippen LogP contribution in [-0.2, 0) is 21.2 Å². The number of rotatable bonds is 7. The fourth-order valence-electron chi connectivity index (χ4n) is 3.02. The van der Waals surface area contributed by atoms with Crippen molar-refractivity contribution in [2.24, 2.45) is 0 Å². The summed E-state index contributed by atoms with van der Waals surface area (Å²) in [5.74, 6) is -0.0163. The van der Waals surface area contributed by atoms with E-state index in [9.17, 15) is 13.2 Å². The molecule has 28 heavy (non-hydrogen) atoms. The molecular weight excluding hydrogens is 380 g/mol. The van der Waals surface area contributed by atoms with Crippen LogP contribution in [0.3, 0.4) is 0 Å². The highest BCUT2D eigenvalue weighted by Gasteiger charge is 2.24. The van der Waals surface area contributed by atoms with Gasteiger partial charge in [0.2, 0.25) is 10.0 Å². The molecule has 2 aromatic carbocycles. The highest BCUT2D eigenvalue weighted by molar-refractivity contribution is 7.89. The third-order valence-corrected chi connectivity index (χ3v) is 6.03. The van der Waals surface area contributed by atoms with Crippen LogP contribution in [0.5, 0.6) is 5.75 Å². The molecule has 0 saturated carbocycles. The number of nitrogens with one attached hydrogen (secondary N) is 1. The summed E-state index contributed by atoms with van der Waals surface area (Å²) < 4.78 is 38.7. The first-order valence-electron chi connectivity index (χ1n) is 9.10. The van der Waals surface area contributed by atoms with Gasteiger partial charge in [-0.3, -0.25) is 4.79 Å². The highest BCUT2D eigenvalue weighted by atomic mass is 32.2. The minimum absolute atomic E-state index is 0.0397. The van der Waals surface area contributed by atoms with Crippen LogP contribution in [-0.4, -0.2) is 59.2 Å². The minimum Gasteiger partial charge on any atom is -0.495 e. The van der Waals surface area contributed by atoms with Gasteiger partial charge in [-0.05, 0) is 30.2 Å². The molecule has 1 amide bonds. The van der Waals surface area contributed by atoms with Crippen molar-refractivity contribution in [3.63, 3.8) is 0 Å². The Hall–Kier alpha value is -2.42. The van der Waals surface area contributed by atoms with Gasteiger partial charge in [0.25, 0.3) is 5.91 Å². The Labute approximate surface area is 165 Å². The molecule has 150 valence electrons. The van der Waals surface area contributed by atoms with E-state index in [-0.39, 0.29) is 23.1 Å². The van der Waals surface area contributed by atoms with Crippen LogP contribution in [0, 0.1) is 0 Å². The standard InChI is InChI=1S/C20H24N2O5S/c1-26-18-8-7-17(20(23)22-11-13-27-14-12-22)15-19(18)28(24,25)21-10-9-16-5-3-2-4-6-16/h2-8,15,21H,9-14H2,1H3. The molecule has 2 aromatic rings. The molecular formula is C20H24N2O5S. The third-order valence-electron chi connectivity index (χ3n) is 4.55. The van der Waals surface area contributed by atoms with Crippen LogP contribution < -0.4 is 9.46 Å². The zero-order chi connectivity index (χ0) is 20.0. The number of nitrogens with zero attached hydrogens (tertiary/aromatic N) is 1. The summed E-state index contributed by atoms with van der Waals surface area (Å²) in [5.41, 5.74) is 1.35. The first-order chi connectivity index (χ1) is 13.5. The van der Waals surface area contributed by atoms with E-state index in [1.54, 1.807) is 11.0 Å². The third kappa shape index (κ3) is 4.89. The summed E-state index contributed by atoms with van der Waals surface area (Å²) >= 11 is 0. The lowest BCUT2D eigenvalue weighted by Crippen LogP contribution is -2.40. The van der Waals surface area contributed by atoms with Gasteiger partial charge in [0, 0.05) is 25.2 Å². The van der Waals surface area contributed by atoms with E-state index in [0.29, 0.717) is 38.3 Å². The van der Waals surface area contributed by atoms with E-state index in [4.69, 9.17) is 9.47 Å². The number of carbonyl (C=O) groups is 1. The first kappa shape index (κ1) is 20.3.